The van der Waals surface area contributed by atoms with Crippen LogP contribution in [0.25, 0.3) is 10.9 Å². The summed E-state index contributed by atoms with van der Waals surface area (Å²) in [5.74, 6) is 0. The lowest BCUT2D eigenvalue weighted by Gasteiger charge is -2.16. The van der Waals surface area contributed by atoms with Crippen LogP contribution < -0.4 is 5.32 Å². The van der Waals surface area contributed by atoms with E-state index in [1.54, 1.807) is 0 Å². The molecule has 0 amide bonds. The minimum atomic E-state index is 0.345. The van der Waals surface area contributed by atoms with E-state index in [4.69, 9.17) is 0 Å². The van der Waals surface area contributed by atoms with Gasteiger partial charge in [-0.05, 0) is 49.4 Å². The first-order chi connectivity index (χ1) is 10.3. The molecule has 0 bridgehead atoms. The van der Waals surface area contributed by atoms with Gasteiger partial charge in [0.25, 0.3) is 0 Å². The number of rotatable bonds is 5. The molecule has 2 nitrogen and oxygen atoms in total. The van der Waals surface area contributed by atoms with Crippen LogP contribution in [0.3, 0.4) is 0 Å². The Morgan fingerprint density at radius 1 is 1.14 bits per heavy atom. The molecule has 3 rings (SSSR count). The quantitative estimate of drug-likeness (QED) is 0.756. The van der Waals surface area contributed by atoms with Gasteiger partial charge in [0.15, 0.2) is 0 Å². The summed E-state index contributed by atoms with van der Waals surface area (Å²) in [5.41, 5.74) is 2.38. The Kier molecular flexibility index (Phi) is 4.32. The first-order valence-corrected chi connectivity index (χ1v) is 8.21. The fourth-order valence-electron chi connectivity index (χ4n) is 2.62. The van der Waals surface area contributed by atoms with Crippen LogP contribution in [0.4, 0.5) is 0 Å². The second-order valence-electron chi connectivity index (χ2n) is 5.22. The third-order valence-electron chi connectivity index (χ3n) is 3.85. The summed E-state index contributed by atoms with van der Waals surface area (Å²) < 4.78 is 0. The zero-order valence-corrected chi connectivity index (χ0v) is 13.3. The molecule has 1 aromatic carbocycles. The molecular formula is C18H20N2S. The smallest absolute Gasteiger partial charge is 0.0702 e. The number of aryl methyl sites for hydroxylation is 1. The Morgan fingerprint density at radius 3 is 2.76 bits per heavy atom. The number of hydrogen-bond acceptors (Lipinski definition) is 3. The number of nitrogens with zero attached hydrogens (tertiary/aromatic N) is 1. The number of fused-ring (bicyclic) bond motifs is 1. The van der Waals surface area contributed by atoms with E-state index in [9.17, 15) is 0 Å². The van der Waals surface area contributed by atoms with Crippen molar-refractivity contribution in [3.8, 4) is 0 Å². The molecule has 0 aliphatic rings. The second-order valence-corrected chi connectivity index (χ2v) is 6.48. The molecule has 0 aliphatic carbocycles. The van der Waals surface area contributed by atoms with Gasteiger partial charge in [-0.3, -0.25) is 4.98 Å². The number of hydrogen-bond donors (Lipinski definition) is 1. The lowest BCUT2D eigenvalue weighted by Crippen LogP contribution is -2.18. The van der Waals surface area contributed by atoms with Crippen molar-refractivity contribution in [1.29, 1.82) is 0 Å². The molecule has 3 aromatic rings. The van der Waals surface area contributed by atoms with E-state index in [0.717, 1.165) is 18.4 Å². The van der Waals surface area contributed by atoms with Crippen LogP contribution in [0.15, 0.2) is 48.7 Å². The van der Waals surface area contributed by atoms with E-state index in [1.807, 2.05) is 30.6 Å². The Labute approximate surface area is 129 Å². The molecular weight excluding hydrogens is 276 g/mol. The van der Waals surface area contributed by atoms with Crippen LogP contribution in [-0.4, -0.2) is 12.0 Å². The van der Waals surface area contributed by atoms with Gasteiger partial charge in [0.05, 0.1) is 5.52 Å². The van der Waals surface area contributed by atoms with Crippen LogP contribution in [0.1, 0.15) is 28.3 Å². The van der Waals surface area contributed by atoms with Crippen molar-refractivity contribution in [3.05, 3.63) is 64.0 Å². The second kappa shape index (κ2) is 6.37. The molecule has 108 valence electrons. The van der Waals surface area contributed by atoms with Gasteiger partial charge in [-0.25, -0.2) is 0 Å². The summed E-state index contributed by atoms with van der Waals surface area (Å²) in [7, 11) is 2.03. The van der Waals surface area contributed by atoms with Gasteiger partial charge in [0.2, 0.25) is 0 Å². The van der Waals surface area contributed by atoms with E-state index in [2.05, 4.69) is 53.6 Å². The molecule has 2 heterocycles. The third kappa shape index (κ3) is 3.14. The molecule has 0 saturated carbocycles. The van der Waals surface area contributed by atoms with Gasteiger partial charge < -0.3 is 5.32 Å². The number of likely N-dealkylation sites (N-methyl/N-ethyl adjacent to an activating group) is 1. The van der Waals surface area contributed by atoms with E-state index in [-0.39, 0.29) is 0 Å². The van der Waals surface area contributed by atoms with Crippen molar-refractivity contribution in [3.63, 3.8) is 0 Å². The number of thiophene rings is 1. The highest BCUT2D eigenvalue weighted by atomic mass is 32.1. The van der Waals surface area contributed by atoms with Gasteiger partial charge in [-0.2, -0.15) is 0 Å². The molecule has 1 atom stereocenters. The fourth-order valence-corrected chi connectivity index (χ4v) is 3.62. The molecule has 1 unspecified atom stereocenters. The molecule has 0 radical (unpaired) electrons. The van der Waals surface area contributed by atoms with Crippen molar-refractivity contribution in [2.24, 2.45) is 0 Å². The molecule has 0 spiro atoms. The molecule has 0 fully saturated rings. The molecule has 21 heavy (non-hydrogen) atoms. The number of nitrogens with one attached hydrogen (secondary N) is 1. The van der Waals surface area contributed by atoms with Crippen molar-refractivity contribution in [2.75, 3.05) is 7.05 Å². The Balaban J connectivity index is 1.86. The standard InChI is InChI=1S/C18H20N2S/c1-3-15-7-8-16(21-15)12-18(19-2)14-6-9-17-13(11-14)5-4-10-20-17/h4-11,18-19H,3,12H2,1-2H3. The summed E-state index contributed by atoms with van der Waals surface area (Å²) in [4.78, 5) is 7.29. The molecule has 1 N–H and O–H groups in total. The van der Waals surface area contributed by atoms with Crippen LogP contribution in [0.5, 0.6) is 0 Å². The predicted octanol–water partition coefficient (Wildman–Crippen LogP) is 4.36. The van der Waals surface area contributed by atoms with E-state index < -0.39 is 0 Å². The van der Waals surface area contributed by atoms with Crippen molar-refractivity contribution in [2.45, 2.75) is 25.8 Å². The third-order valence-corrected chi connectivity index (χ3v) is 5.10. The summed E-state index contributed by atoms with van der Waals surface area (Å²) in [6, 6.07) is 15.5. The predicted molar refractivity (Wildman–Crippen MR) is 90.9 cm³/mol. The van der Waals surface area contributed by atoms with Gasteiger partial charge in [0.1, 0.15) is 0 Å². The minimum Gasteiger partial charge on any atom is -0.313 e. The van der Waals surface area contributed by atoms with Gasteiger partial charge in [-0.15, -0.1) is 11.3 Å². The Bertz CT molecular complexity index is 733. The monoisotopic (exact) mass is 296 g/mol. The number of benzene rings is 1. The van der Waals surface area contributed by atoms with Gasteiger partial charge >= 0.3 is 0 Å². The first-order valence-electron chi connectivity index (χ1n) is 7.39. The van der Waals surface area contributed by atoms with Crippen LogP contribution >= 0.6 is 11.3 Å². The maximum Gasteiger partial charge on any atom is 0.0702 e. The highest BCUT2D eigenvalue weighted by molar-refractivity contribution is 7.11. The van der Waals surface area contributed by atoms with Crippen molar-refractivity contribution in [1.82, 2.24) is 10.3 Å². The van der Waals surface area contributed by atoms with Gasteiger partial charge in [-0.1, -0.05) is 19.1 Å². The zero-order chi connectivity index (χ0) is 14.7. The van der Waals surface area contributed by atoms with E-state index in [1.165, 1.54) is 20.7 Å². The van der Waals surface area contributed by atoms with E-state index in [0.29, 0.717) is 6.04 Å². The Hall–Kier alpha value is -1.71. The molecule has 2 aromatic heterocycles. The Morgan fingerprint density at radius 2 is 2.00 bits per heavy atom. The molecule has 0 aliphatic heterocycles. The van der Waals surface area contributed by atoms with Crippen LogP contribution in [0.2, 0.25) is 0 Å². The topological polar surface area (TPSA) is 24.9 Å². The summed E-state index contributed by atoms with van der Waals surface area (Å²) >= 11 is 1.92. The summed E-state index contributed by atoms with van der Waals surface area (Å²) in [5, 5.41) is 4.65. The SMILES string of the molecule is CCc1ccc(CC(NC)c2ccc3ncccc3c2)s1. The lowest BCUT2D eigenvalue weighted by molar-refractivity contribution is 0.597. The van der Waals surface area contributed by atoms with Gasteiger partial charge in [0, 0.05) is 33.8 Å². The number of pyridine rings is 1. The van der Waals surface area contributed by atoms with Crippen molar-refractivity contribution < 1.29 is 0 Å². The maximum atomic E-state index is 4.39. The fraction of sp³-hybridized carbons (Fsp3) is 0.278. The number of aromatic nitrogens is 1. The van der Waals surface area contributed by atoms with Crippen LogP contribution in [-0.2, 0) is 12.8 Å². The average molecular weight is 296 g/mol. The molecule has 3 heteroatoms. The maximum absolute atomic E-state index is 4.39. The minimum absolute atomic E-state index is 0.345. The average Bonchev–Trinajstić information content (AvgIpc) is 3.00. The van der Waals surface area contributed by atoms with Crippen LogP contribution in [0, 0.1) is 0 Å². The normalized spacial score (nSPS) is 12.7. The van der Waals surface area contributed by atoms with Crippen molar-refractivity contribution >= 4 is 22.2 Å². The lowest BCUT2D eigenvalue weighted by atomic mass is 10.0. The largest absolute Gasteiger partial charge is 0.313 e. The highest BCUT2D eigenvalue weighted by Crippen LogP contribution is 2.25. The first kappa shape index (κ1) is 14.2. The summed E-state index contributed by atoms with van der Waals surface area (Å²) in [6.45, 7) is 2.21. The van der Waals surface area contributed by atoms with E-state index >= 15 is 0 Å². The molecule has 0 saturated heterocycles. The highest BCUT2D eigenvalue weighted by Gasteiger charge is 2.12. The zero-order valence-electron chi connectivity index (χ0n) is 12.5. The summed E-state index contributed by atoms with van der Waals surface area (Å²) in [6.07, 6.45) is 4.00.